The number of anilines is 1. The number of hydrogen-bond donors (Lipinski definition) is 1. The van der Waals surface area contributed by atoms with E-state index in [1.54, 1.807) is 0 Å². The molecule has 2 N–H and O–H groups in total. The molecule has 21 heavy (non-hydrogen) atoms. The molecule has 114 valence electrons. The lowest BCUT2D eigenvalue weighted by atomic mass is 9.97. The monoisotopic (exact) mass is 289 g/mol. The summed E-state index contributed by atoms with van der Waals surface area (Å²) in [5.74, 6) is 1.50. The molecule has 0 radical (unpaired) electrons. The fourth-order valence-electron chi connectivity index (χ4n) is 2.21. The van der Waals surface area contributed by atoms with Crippen molar-refractivity contribution in [3.05, 3.63) is 41.5 Å². The maximum absolute atomic E-state index is 5.70. The molecule has 1 heterocycles. The van der Waals surface area contributed by atoms with Gasteiger partial charge in [-0.3, -0.25) is 0 Å². The smallest absolute Gasteiger partial charge is 0.227 e. The van der Waals surface area contributed by atoms with E-state index >= 15 is 0 Å². The molecule has 0 amide bonds. The van der Waals surface area contributed by atoms with Gasteiger partial charge in [0, 0.05) is 18.7 Å². The third kappa shape index (κ3) is 3.82. The lowest BCUT2D eigenvalue weighted by Gasteiger charge is -2.19. The van der Waals surface area contributed by atoms with Gasteiger partial charge in [-0.2, -0.15) is 4.98 Å². The summed E-state index contributed by atoms with van der Waals surface area (Å²) in [4.78, 5) is 4.46. The average Bonchev–Trinajstić information content (AvgIpc) is 2.88. The number of nitrogens with zero attached hydrogens (tertiary/aromatic N) is 2. The third-order valence-corrected chi connectivity index (χ3v) is 3.50. The molecule has 0 saturated carbocycles. The molecule has 0 aliphatic rings. The quantitative estimate of drug-likeness (QED) is 0.826. The van der Waals surface area contributed by atoms with Crippen molar-refractivity contribution in [1.82, 2.24) is 10.1 Å². The second-order valence-corrected chi connectivity index (χ2v) is 5.73. The van der Waals surface area contributed by atoms with Crippen LogP contribution in [0.3, 0.4) is 0 Å². The van der Waals surface area contributed by atoms with Gasteiger partial charge in [0.25, 0.3) is 0 Å². The van der Waals surface area contributed by atoms with Crippen molar-refractivity contribution in [2.45, 2.75) is 45.6 Å². The standard InChI is InChI=1S/C16H23N3O2/c1-5-20-16(3,4)15-18-14(21-19-15)10-11(2)12-6-8-13(17)9-7-12/h6-9,11H,5,10,17H2,1-4H3. The van der Waals surface area contributed by atoms with Crippen LogP contribution in [0.15, 0.2) is 28.8 Å². The fourth-order valence-corrected chi connectivity index (χ4v) is 2.21. The number of hydrogen-bond acceptors (Lipinski definition) is 5. The van der Waals surface area contributed by atoms with Gasteiger partial charge in [0.15, 0.2) is 0 Å². The van der Waals surface area contributed by atoms with E-state index in [-0.39, 0.29) is 5.92 Å². The zero-order valence-corrected chi connectivity index (χ0v) is 13.1. The van der Waals surface area contributed by atoms with E-state index < -0.39 is 5.60 Å². The second kappa shape index (κ2) is 6.26. The normalized spacial score (nSPS) is 13.3. The van der Waals surface area contributed by atoms with Crippen molar-refractivity contribution in [2.24, 2.45) is 0 Å². The Hall–Kier alpha value is -1.88. The van der Waals surface area contributed by atoms with E-state index in [1.807, 2.05) is 45.0 Å². The minimum atomic E-state index is -0.527. The number of ether oxygens (including phenoxy) is 1. The van der Waals surface area contributed by atoms with Crippen molar-refractivity contribution in [3.63, 3.8) is 0 Å². The van der Waals surface area contributed by atoms with Crippen LogP contribution >= 0.6 is 0 Å². The van der Waals surface area contributed by atoms with Gasteiger partial charge in [0.1, 0.15) is 5.60 Å². The first kappa shape index (κ1) is 15.5. The van der Waals surface area contributed by atoms with Crippen LogP contribution in [-0.2, 0) is 16.8 Å². The predicted octanol–water partition coefficient (Wildman–Crippen LogP) is 3.27. The van der Waals surface area contributed by atoms with Crippen molar-refractivity contribution in [2.75, 3.05) is 12.3 Å². The Kier molecular flexibility index (Phi) is 4.63. The van der Waals surface area contributed by atoms with Gasteiger partial charge in [-0.15, -0.1) is 0 Å². The van der Waals surface area contributed by atoms with Crippen LogP contribution in [0.1, 0.15) is 50.9 Å². The Balaban J connectivity index is 2.07. The van der Waals surface area contributed by atoms with E-state index in [2.05, 4.69) is 17.1 Å². The SMILES string of the molecule is CCOC(C)(C)c1noc(CC(C)c2ccc(N)cc2)n1. The molecule has 2 aromatic rings. The van der Waals surface area contributed by atoms with Gasteiger partial charge in [-0.25, -0.2) is 0 Å². The highest BCUT2D eigenvalue weighted by molar-refractivity contribution is 5.40. The average molecular weight is 289 g/mol. The van der Waals surface area contributed by atoms with Crippen LogP contribution in [0.5, 0.6) is 0 Å². The van der Waals surface area contributed by atoms with Crippen molar-refractivity contribution in [3.8, 4) is 0 Å². The number of aromatic nitrogens is 2. The number of benzene rings is 1. The van der Waals surface area contributed by atoms with Crippen LogP contribution in [-0.4, -0.2) is 16.7 Å². The highest BCUT2D eigenvalue weighted by atomic mass is 16.5. The number of nitrogen functional groups attached to an aromatic ring is 1. The minimum Gasteiger partial charge on any atom is -0.399 e. The summed E-state index contributed by atoms with van der Waals surface area (Å²) in [7, 11) is 0. The Labute approximate surface area is 125 Å². The lowest BCUT2D eigenvalue weighted by Crippen LogP contribution is -2.23. The van der Waals surface area contributed by atoms with Crippen LogP contribution in [0.2, 0.25) is 0 Å². The molecule has 2 rings (SSSR count). The predicted molar refractivity (Wildman–Crippen MR) is 81.9 cm³/mol. The zero-order valence-electron chi connectivity index (χ0n) is 13.1. The Morgan fingerprint density at radius 2 is 1.95 bits per heavy atom. The Morgan fingerprint density at radius 3 is 2.57 bits per heavy atom. The largest absolute Gasteiger partial charge is 0.399 e. The van der Waals surface area contributed by atoms with Crippen LogP contribution < -0.4 is 5.73 Å². The lowest BCUT2D eigenvalue weighted by molar-refractivity contribution is -0.0221. The molecule has 0 spiro atoms. The molecule has 0 fully saturated rings. The zero-order chi connectivity index (χ0) is 15.5. The summed E-state index contributed by atoms with van der Waals surface area (Å²) >= 11 is 0. The van der Waals surface area contributed by atoms with Crippen LogP contribution in [0, 0.1) is 0 Å². The number of nitrogens with two attached hydrogens (primary N) is 1. The van der Waals surface area contributed by atoms with Gasteiger partial charge in [-0.1, -0.05) is 24.2 Å². The molecule has 0 aliphatic carbocycles. The molecule has 5 nitrogen and oxygen atoms in total. The summed E-state index contributed by atoms with van der Waals surface area (Å²) in [6.07, 6.45) is 0.694. The highest BCUT2D eigenvalue weighted by Gasteiger charge is 2.27. The molecule has 5 heteroatoms. The van der Waals surface area contributed by atoms with E-state index in [0.29, 0.717) is 24.7 Å². The Morgan fingerprint density at radius 1 is 1.29 bits per heavy atom. The van der Waals surface area contributed by atoms with Gasteiger partial charge in [-0.05, 0) is 44.4 Å². The summed E-state index contributed by atoms with van der Waals surface area (Å²) in [5.41, 5.74) is 7.15. The molecular weight excluding hydrogens is 266 g/mol. The van der Waals surface area contributed by atoms with Crippen molar-refractivity contribution in [1.29, 1.82) is 0 Å². The van der Waals surface area contributed by atoms with E-state index in [1.165, 1.54) is 5.56 Å². The molecule has 0 saturated heterocycles. The second-order valence-electron chi connectivity index (χ2n) is 5.73. The van der Waals surface area contributed by atoms with Crippen molar-refractivity contribution < 1.29 is 9.26 Å². The van der Waals surface area contributed by atoms with E-state index in [4.69, 9.17) is 15.0 Å². The molecular formula is C16H23N3O2. The third-order valence-electron chi connectivity index (χ3n) is 3.50. The fraction of sp³-hybridized carbons (Fsp3) is 0.500. The summed E-state index contributed by atoms with van der Waals surface area (Å²) in [6, 6.07) is 7.87. The first-order valence-electron chi connectivity index (χ1n) is 7.25. The summed E-state index contributed by atoms with van der Waals surface area (Å²) in [5, 5.41) is 4.04. The van der Waals surface area contributed by atoms with E-state index in [0.717, 1.165) is 5.69 Å². The summed E-state index contributed by atoms with van der Waals surface area (Å²) < 4.78 is 11.0. The van der Waals surface area contributed by atoms with E-state index in [9.17, 15) is 0 Å². The number of rotatable bonds is 6. The first-order chi connectivity index (χ1) is 9.92. The highest BCUT2D eigenvalue weighted by Crippen LogP contribution is 2.24. The van der Waals surface area contributed by atoms with Crippen LogP contribution in [0.4, 0.5) is 5.69 Å². The van der Waals surface area contributed by atoms with Crippen LogP contribution in [0.25, 0.3) is 0 Å². The maximum atomic E-state index is 5.70. The minimum absolute atomic E-state index is 0.286. The Bertz CT molecular complexity index is 575. The topological polar surface area (TPSA) is 74.2 Å². The molecule has 0 aliphatic heterocycles. The van der Waals surface area contributed by atoms with Gasteiger partial charge >= 0.3 is 0 Å². The molecule has 0 bridgehead atoms. The molecule has 1 aromatic heterocycles. The first-order valence-corrected chi connectivity index (χ1v) is 7.25. The molecule has 1 atom stereocenters. The molecule has 1 unspecified atom stereocenters. The molecule has 1 aromatic carbocycles. The van der Waals surface area contributed by atoms with Gasteiger partial charge in [0.2, 0.25) is 11.7 Å². The van der Waals surface area contributed by atoms with Gasteiger partial charge < -0.3 is 15.0 Å². The van der Waals surface area contributed by atoms with Gasteiger partial charge in [0.05, 0.1) is 0 Å². The van der Waals surface area contributed by atoms with Crippen molar-refractivity contribution >= 4 is 5.69 Å². The maximum Gasteiger partial charge on any atom is 0.227 e. The summed E-state index contributed by atoms with van der Waals surface area (Å²) in [6.45, 7) is 8.57.